The SMILES string of the molecule is CC/C=C\C/C=C\C/C=C\C/C=C\CCCCC(=O)OCC(COP(=O)(O)OCC(O)COP(=O)(O)OCC(COC(=O)CCCCCCCCC/C=C\C/C=C\C/C=C\CC)OC(=O)CCCCCCCCCCCCCCC)OC(=O)CCCCCCC/C=C\C/C=C\C/C=C\CC. The van der Waals surface area contributed by atoms with E-state index in [1.165, 1.54) is 51.4 Å². The Balaban J connectivity index is 5.39. The molecule has 0 aliphatic rings. The average molecular weight is 1450 g/mol. The third kappa shape index (κ3) is 71.8. The number of rotatable bonds is 72. The maximum atomic E-state index is 13.1. The minimum Gasteiger partial charge on any atom is -0.462 e. The molecule has 0 heterocycles. The minimum atomic E-state index is -4.99. The molecule has 0 spiro atoms. The zero-order valence-electron chi connectivity index (χ0n) is 62.6. The summed E-state index contributed by atoms with van der Waals surface area (Å²) in [6.45, 7) is 4.48. The Labute approximate surface area is 606 Å². The second-order valence-corrected chi connectivity index (χ2v) is 28.4. The molecule has 0 saturated heterocycles. The topological polar surface area (TPSA) is 237 Å². The number of phosphoric acid groups is 2. The molecule has 17 nitrogen and oxygen atoms in total. The molecule has 574 valence electrons. The van der Waals surface area contributed by atoms with Crippen molar-refractivity contribution in [3.8, 4) is 0 Å². The number of phosphoric ester groups is 2. The lowest BCUT2D eigenvalue weighted by Crippen LogP contribution is -2.30. The van der Waals surface area contributed by atoms with E-state index < -0.39 is 97.5 Å². The van der Waals surface area contributed by atoms with Gasteiger partial charge in [-0.2, -0.15) is 0 Å². The van der Waals surface area contributed by atoms with Gasteiger partial charge in [-0.1, -0.05) is 278 Å². The van der Waals surface area contributed by atoms with Gasteiger partial charge in [-0.15, -0.1) is 0 Å². The summed E-state index contributed by atoms with van der Waals surface area (Å²) >= 11 is 0. The molecule has 0 aromatic carbocycles. The van der Waals surface area contributed by atoms with Crippen molar-refractivity contribution >= 4 is 39.5 Å². The lowest BCUT2D eigenvalue weighted by atomic mass is 10.0. The van der Waals surface area contributed by atoms with Crippen LogP contribution in [0.3, 0.4) is 0 Å². The van der Waals surface area contributed by atoms with E-state index in [2.05, 4.69) is 149 Å². The summed E-state index contributed by atoms with van der Waals surface area (Å²) in [6, 6.07) is 0. The molecule has 0 aromatic heterocycles. The maximum Gasteiger partial charge on any atom is 0.472 e. The quantitative estimate of drug-likeness (QED) is 0.0169. The summed E-state index contributed by atoms with van der Waals surface area (Å²) in [5.74, 6) is -2.24. The number of carbonyl (C=O) groups excluding carboxylic acids is 4. The van der Waals surface area contributed by atoms with Crippen LogP contribution in [0.1, 0.15) is 310 Å². The average Bonchev–Trinajstić information content (AvgIpc) is 0.988. The lowest BCUT2D eigenvalue weighted by molar-refractivity contribution is -0.161. The van der Waals surface area contributed by atoms with Gasteiger partial charge in [0.1, 0.15) is 19.3 Å². The van der Waals surface area contributed by atoms with Crippen molar-refractivity contribution in [2.45, 2.75) is 329 Å². The molecular weight excluding hydrogens is 1310 g/mol. The van der Waals surface area contributed by atoms with E-state index in [-0.39, 0.29) is 25.7 Å². The maximum absolute atomic E-state index is 13.1. The number of esters is 4. The van der Waals surface area contributed by atoms with Gasteiger partial charge in [0.25, 0.3) is 0 Å². The lowest BCUT2D eigenvalue weighted by Gasteiger charge is -2.21. The van der Waals surface area contributed by atoms with E-state index in [1.807, 2.05) is 0 Å². The van der Waals surface area contributed by atoms with Crippen LogP contribution in [-0.4, -0.2) is 96.7 Å². The highest BCUT2D eigenvalue weighted by atomic mass is 31.2. The smallest absolute Gasteiger partial charge is 0.462 e. The van der Waals surface area contributed by atoms with Gasteiger partial charge >= 0.3 is 39.5 Å². The molecule has 3 N–H and O–H groups in total. The van der Waals surface area contributed by atoms with E-state index in [4.69, 9.17) is 37.0 Å². The van der Waals surface area contributed by atoms with Gasteiger partial charge in [0.05, 0.1) is 26.4 Å². The van der Waals surface area contributed by atoms with Gasteiger partial charge in [-0.3, -0.25) is 37.3 Å². The highest BCUT2D eigenvalue weighted by molar-refractivity contribution is 7.47. The predicted molar refractivity (Wildman–Crippen MR) is 408 cm³/mol. The monoisotopic (exact) mass is 1440 g/mol. The number of hydrogen-bond donors (Lipinski definition) is 3. The van der Waals surface area contributed by atoms with E-state index in [1.54, 1.807) is 0 Å². The second kappa shape index (κ2) is 72.8. The van der Waals surface area contributed by atoms with Gasteiger partial charge in [-0.25, -0.2) is 9.13 Å². The van der Waals surface area contributed by atoms with Crippen LogP contribution in [0.4, 0.5) is 0 Å². The van der Waals surface area contributed by atoms with Gasteiger partial charge in [0, 0.05) is 25.7 Å². The van der Waals surface area contributed by atoms with E-state index in [9.17, 15) is 43.2 Å². The van der Waals surface area contributed by atoms with Crippen LogP contribution in [0, 0.1) is 0 Å². The standard InChI is InChI=1S/C81H138O17P2/c1-5-9-13-17-21-25-29-33-36-37-40-43-46-50-54-58-62-66-79(84)92-71-76(97-80(85)67-63-59-55-51-47-41-32-28-24-20-16-12-8-4)73-95-99(87,88)93-69-75(82)70-94-100(89,90)96-74-77(98-81(86)68-64-60-56-52-48-44-39-35-31-27-23-19-15-11-7-3)72-91-78(83)65-61-57-53-49-45-42-38-34-30-26-22-18-14-10-6-2/h9-11,13-15,21-23,25-27,33-36,38-39,45,49,75-77,82H,5-8,12,16-20,24,28-32,37,40-44,46-48,50-74H2,1-4H3,(H,87,88)(H,89,90)/b13-9-,14-10-,15-11-,25-21-,26-22-,27-23-,36-33-,38-34-,39-35-,49-45-. The molecule has 0 rings (SSSR count). The molecule has 0 radical (unpaired) electrons. The molecule has 100 heavy (non-hydrogen) atoms. The fourth-order valence-electron chi connectivity index (χ4n) is 10.1. The van der Waals surface area contributed by atoms with E-state index in [0.29, 0.717) is 25.7 Å². The molecule has 19 heteroatoms. The summed E-state index contributed by atoms with van der Waals surface area (Å²) in [5.41, 5.74) is 0. The molecule has 0 aliphatic carbocycles. The van der Waals surface area contributed by atoms with Crippen LogP contribution >= 0.6 is 15.6 Å². The highest BCUT2D eigenvalue weighted by Crippen LogP contribution is 2.45. The van der Waals surface area contributed by atoms with Gasteiger partial charge < -0.3 is 33.8 Å². The number of aliphatic hydroxyl groups excluding tert-OH is 1. The molecule has 0 aromatic rings. The van der Waals surface area contributed by atoms with E-state index in [0.717, 1.165) is 180 Å². The van der Waals surface area contributed by atoms with Crippen LogP contribution in [0.25, 0.3) is 0 Å². The number of unbranched alkanes of at least 4 members (excludes halogenated alkanes) is 26. The van der Waals surface area contributed by atoms with Crippen LogP contribution in [0.15, 0.2) is 122 Å². The van der Waals surface area contributed by atoms with Gasteiger partial charge in [0.2, 0.25) is 0 Å². The van der Waals surface area contributed by atoms with Gasteiger partial charge in [0.15, 0.2) is 12.2 Å². The van der Waals surface area contributed by atoms with Crippen molar-refractivity contribution in [3.05, 3.63) is 122 Å². The highest BCUT2D eigenvalue weighted by Gasteiger charge is 2.30. The Kier molecular flexibility index (Phi) is 69.5. The Hall–Kier alpha value is -4.54. The molecule has 0 amide bonds. The first-order valence-corrected chi connectivity index (χ1v) is 41.8. The summed E-state index contributed by atoms with van der Waals surface area (Å²) in [5, 5.41) is 10.6. The molecular formula is C81H138O17P2. The Bertz CT molecular complexity index is 2370. The van der Waals surface area contributed by atoms with Crippen molar-refractivity contribution < 1.29 is 80.2 Å². The molecule has 0 aliphatic heterocycles. The first-order chi connectivity index (χ1) is 48.7. The number of ether oxygens (including phenoxy) is 4. The summed E-state index contributed by atoms with van der Waals surface area (Å²) in [6.07, 6.45) is 79.0. The van der Waals surface area contributed by atoms with Crippen molar-refractivity contribution in [1.82, 2.24) is 0 Å². The number of carbonyl (C=O) groups is 4. The van der Waals surface area contributed by atoms with Crippen LogP contribution < -0.4 is 0 Å². The van der Waals surface area contributed by atoms with Crippen molar-refractivity contribution in [2.24, 2.45) is 0 Å². The Morgan fingerprint density at radius 1 is 0.290 bits per heavy atom. The van der Waals surface area contributed by atoms with Crippen molar-refractivity contribution in [1.29, 1.82) is 0 Å². The first-order valence-electron chi connectivity index (χ1n) is 38.8. The zero-order chi connectivity index (χ0) is 73.2. The summed E-state index contributed by atoms with van der Waals surface area (Å²) < 4.78 is 68.5. The fourth-order valence-corrected chi connectivity index (χ4v) is 11.7. The molecule has 0 fully saturated rings. The normalized spacial score (nSPS) is 14.6. The second-order valence-electron chi connectivity index (χ2n) is 25.5. The van der Waals surface area contributed by atoms with Crippen molar-refractivity contribution in [3.63, 3.8) is 0 Å². The minimum absolute atomic E-state index is 0.0643. The number of hydrogen-bond acceptors (Lipinski definition) is 15. The first kappa shape index (κ1) is 95.5. The Morgan fingerprint density at radius 3 is 0.820 bits per heavy atom. The largest absolute Gasteiger partial charge is 0.472 e. The van der Waals surface area contributed by atoms with Gasteiger partial charge in [-0.05, 0) is 128 Å². The molecule has 5 atom stereocenters. The number of aliphatic hydroxyl groups is 1. The predicted octanol–water partition coefficient (Wildman–Crippen LogP) is 22.3. The zero-order valence-corrected chi connectivity index (χ0v) is 64.4. The third-order valence-corrected chi connectivity index (χ3v) is 17.8. The third-order valence-electron chi connectivity index (χ3n) is 15.9. The molecule has 5 unspecified atom stereocenters. The summed E-state index contributed by atoms with van der Waals surface area (Å²) in [4.78, 5) is 72.9. The molecule has 0 bridgehead atoms. The molecule has 0 saturated carbocycles. The number of allylic oxidation sites excluding steroid dienone is 20. The fraction of sp³-hybridized carbons (Fsp3) is 0.704. The summed E-state index contributed by atoms with van der Waals surface area (Å²) in [7, 11) is -9.97. The van der Waals surface area contributed by atoms with Crippen LogP contribution in [0.5, 0.6) is 0 Å². The Morgan fingerprint density at radius 2 is 0.520 bits per heavy atom. The van der Waals surface area contributed by atoms with E-state index >= 15 is 0 Å². The van der Waals surface area contributed by atoms with Crippen molar-refractivity contribution in [2.75, 3.05) is 39.6 Å². The van der Waals surface area contributed by atoms with Crippen LogP contribution in [0.2, 0.25) is 0 Å². The van der Waals surface area contributed by atoms with Crippen LogP contribution in [-0.2, 0) is 65.4 Å².